The van der Waals surface area contributed by atoms with Gasteiger partial charge in [0.1, 0.15) is 11.4 Å². The van der Waals surface area contributed by atoms with E-state index in [9.17, 15) is 13.2 Å². The van der Waals surface area contributed by atoms with Gasteiger partial charge in [-0.15, -0.1) is 0 Å². The number of fused-ring (bicyclic) bond motifs is 1. The summed E-state index contributed by atoms with van der Waals surface area (Å²) in [7, 11) is -3.27. The van der Waals surface area contributed by atoms with Gasteiger partial charge in [0.25, 0.3) is 0 Å². The highest BCUT2D eigenvalue weighted by atomic mass is 32.2. The van der Waals surface area contributed by atoms with E-state index in [-0.39, 0.29) is 35.5 Å². The molecule has 0 aromatic heterocycles. The van der Waals surface area contributed by atoms with Gasteiger partial charge in [-0.2, -0.15) is 0 Å². The summed E-state index contributed by atoms with van der Waals surface area (Å²) in [5.41, 5.74) is 9.42. The minimum absolute atomic E-state index is 0.0290. The molecule has 0 atom stereocenters. The fraction of sp³-hybridized carbons (Fsp3) is 0.536. The maximum absolute atomic E-state index is 12.3. The van der Waals surface area contributed by atoms with E-state index in [0.29, 0.717) is 0 Å². The predicted molar refractivity (Wildman–Crippen MR) is 140 cm³/mol. The highest BCUT2D eigenvalue weighted by Crippen LogP contribution is 2.41. The summed E-state index contributed by atoms with van der Waals surface area (Å²) in [6.07, 6.45) is 4.56. The fourth-order valence-corrected chi connectivity index (χ4v) is 6.65. The van der Waals surface area contributed by atoms with Gasteiger partial charge >= 0.3 is 0 Å². The van der Waals surface area contributed by atoms with Crippen LogP contribution in [0.5, 0.6) is 5.75 Å². The summed E-state index contributed by atoms with van der Waals surface area (Å²) in [6.45, 7) is 8.99. The minimum Gasteiger partial charge on any atom is -0.487 e. The topological polar surface area (TPSA) is 89.7 Å². The second-order valence-corrected chi connectivity index (χ2v) is 13.3. The normalized spacial score (nSPS) is 18.1. The summed E-state index contributed by atoms with van der Waals surface area (Å²) in [6, 6.07) is 14.1. The Morgan fingerprint density at radius 3 is 2.31 bits per heavy atom. The van der Waals surface area contributed by atoms with E-state index in [0.717, 1.165) is 61.2 Å². The molecule has 0 aliphatic carbocycles. The number of amides is 1. The van der Waals surface area contributed by atoms with Gasteiger partial charge in [0.2, 0.25) is 5.91 Å². The molecule has 1 saturated heterocycles. The Balaban J connectivity index is 1.39. The molecule has 35 heavy (non-hydrogen) atoms. The Kier molecular flexibility index (Phi) is 7.30. The third-order valence-corrected chi connectivity index (χ3v) is 9.10. The second-order valence-electron chi connectivity index (χ2n) is 11.1. The van der Waals surface area contributed by atoms with Crippen LogP contribution in [0, 0.1) is 0 Å². The lowest BCUT2D eigenvalue weighted by Crippen LogP contribution is -2.54. The molecule has 1 fully saturated rings. The van der Waals surface area contributed by atoms with Crippen molar-refractivity contribution in [1.82, 2.24) is 4.90 Å². The van der Waals surface area contributed by atoms with Gasteiger partial charge in [-0.25, -0.2) is 8.42 Å². The molecule has 0 saturated carbocycles. The largest absolute Gasteiger partial charge is 0.487 e. The van der Waals surface area contributed by atoms with E-state index in [1.54, 1.807) is 0 Å². The first kappa shape index (κ1) is 25.7. The van der Waals surface area contributed by atoms with Crippen LogP contribution in [0.2, 0.25) is 0 Å². The van der Waals surface area contributed by atoms with Gasteiger partial charge in [-0.1, -0.05) is 30.3 Å². The van der Waals surface area contributed by atoms with E-state index < -0.39 is 15.7 Å². The molecule has 7 heteroatoms. The van der Waals surface area contributed by atoms with Gasteiger partial charge in [0, 0.05) is 25.0 Å². The number of rotatable bonds is 7. The summed E-state index contributed by atoms with van der Waals surface area (Å²) in [5.74, 6) is 0.473. The molecule has 2 aliphatic rings. The van der Waals surface area contributed by atoms with Crippen LogP contribution in [0.3, 0.4) is 0 Å². The van der Waals surface area contributed by atoms with Crippen molar-refractivity contribution in [3.8, 4) is 16.9 Å². The lowest BCUT2D eigenvalue weighted by Gasteiger charge is -2.48. The fourth-order valence-electron chi connectivity index (χ4n) is 5.22. The van der Waals surface area contributed by atoms with Crippen LogP contribution in [0.25, 0.3) is 11.1 Å². The predicted octanol–water partition coefficient (Wildman–Crippen LogP) is 4.49. The standard InChI is InChI=1S/C28H38N2O4S/c1-27(2,3)30-16-14-28(15-17-30)13-12-24-19-23(10-11-25(24)34-28)22-8-6-21(7-9-22)20-35(32,33)18-4-5-26(29)31/h6-11,19H,4-5,12-18,20H2,1-3H3,(H2,29,31). The zero-order valence-corrected chi connectivity index (χ0v) is 22.0. The molecule has 2 heterocycles. The van der Waals surface area contributed by atoms with Crippen molar-refractivity contribution < 1.29 is 17.9 Å². The van der Waals surface area contributed by atoms with Gasteiger partial charge in [-0.05, 0) is 87.3 Å². The number of piperidine rings is 1. The first-order chi connectivity index (χ1) is 16.4. The molecule has 6 nitrogen and oxygen atoms in total. The third kappa shape index (κ3) is 6.44. The molecule has 2 aromatic carbocycles. The number of carbonyl (C=O) groups is 1. The summed E-state index contributed by atoms with van der Waals surface area (Å²) < 4.78 is 31.3. The lowest BCUT2D eigenvalue weighted by molar-refractivity contribution is -0.118. The van der Waals surface area contributed by atoms with Gasteiger partial charge in [0.15, 0.2) is 9.84 Å². The molecule has 1 amide bonds. The Morgan fingerprint density at radius 1 is 1.03 bits per heavy atom. The molecular weight excluding hydrogens is 460 g/mol. The van der Waals surface area contributed by atoms with Crippen molar-refractivity contribution >= 4 is 15.7 Å². The highest BCUT2D eigenvalue weighted by molar-refractivity contribution is 7.90. The van der Waals surface area contributed by atoms with Crippen LogP contribution >= 0.6 is 0 Å². The quantitative estimate of drug-likeness (QED) is 0.607. The van der Waals surface area contributed by atoms with Crippen LogP contribution in [-0.2, 0) is 26.8 Å². The smallest absolute Gasteiger partial charge is 0.217 e. The Bertz CT molecular complexity index is 1160. The van der Waals surface area contributed by atoms with Crippen LogP contribution in [0.1, 0.15) is 64.0 Å². The number of ether oxygens (including phenoxy) is 1. The second kappa shape index (κ2) is 9.94. The number of aryl methyl sites for hydroxylation is 1. The number of nitrogens with two attached hydrogens (primary N) is 1. The first-order valence-electron chi connectivity index (χ1n) is 12.6. The zero-order chi connectivity index (χ0) is 25.3. The SMILES string of the molecule is CC(C)(C)N1CCC2(CCc3cc(-c4ccc(CS(=O)(=O)CCCC(N)=O)cc4)ccc3O2)CC1. The van der Waals surface area contributed by atoms with Crippen molar-refractivity contribution in [2.45, 2.75) is 76.2 Å². The van der Waals surface area contributed by atoms with Crippen molar-refractivity contribution in [1.29, 1.82) is 0 Å². The van der Waals surface area contributed by atoms with Crippen LogP contribution in [0.15, 0.2) is 42.5 Å². The number of nitrogens with zero attached hydrogens (tertiary/aromatic N) is 1. The van der Waals surface area contributed by atoms with E-state index in [4.69, 9.17) is 10.5 Å². The first-order valence-corrected chi connectivity index (χ1v) is 14.4. The molecule has 0 bridgehead atoms. The number of sulfone groups is 1. The van der Waals surface area contributed by atoms with Crippen LogP contribution in [-0.4, -0.2) is 49.2 Å². The van der Waals surface area contributed by atoms with E-state index >= 15 is 0 Å². The lowest BCUT2D eigenvalue weighted by atomic mass is 9.81. The number of hydrogen-bond donors (Lipinski definition) is 1. The van der Waals surface area contributed by atoms with Crippen molar-refractivity contribution in [3.05, 3.63) is 53.6 Å². The van der Waals surface area contributed by atoms with Crippen LogP contribution in [0.4, 0.5) is 0 Å². The minimum atomic E-state index is -3.27. The Hall–Kier alpha value is -2.38. The van der Waals surface area contributed by atoms with Crippen molar-refractivity contribution in [3.63, 3.8) is 0 Å². The molecular formula is C28H38N2O4S. The van der Waals surface area contributed by atoms with Crippen LogP contribution < -0.4 is 10.5 Å². The number of carbonyl (C=O) groups excluding carboxylic acids is 1. The summed E-state index contributed by atoms with van der Waals surface area (Å²) in [4.78, 5) is 13.4. The maximum Gasteiger partial charge on any atom is 0.217 e. The van der Waals surface area contributed by atoms with E-state index in [2.05, 4.69) is 43.9 Å². The monoisotopic (exact) mass is 498 g/mol. The third-order valence-electron chi connectivity index (χ3n) is 7.41. The number of hydrogen-bond acceptors (Lipinski definition) is 5. The Labute approximate surface area is 209 Å². The summed E-state index contributed by atoms with van der Waals surface area (Å²) in [5, 5.41) is 0. The van der Waals surface area contributed by atoms with E-state index in [1.165, 1.54) is 5.56 Å². The maximum atomic E-state index is 12.3. The Morgan fingerprint density at radius 2 is 1.69 bits per heavy atom. The number of likely N-dealkylation sites (tertiary alicyclic amines) is 1. The number of primary amides is 1. The highest BCUT2D eigenvalue weighted by Gasteiger charge is 2.41. The summed E-state index contributed by atoms with van der Waals surface area (Å²) >= 11 is 0. The molecule has 0 unspecified atom stereocenters. The average Bonchev–Trinajstić information content (AvgIpc) is 2.78. The van der Waals surface area contributed by atoms with Gasteiger partial charge < -0.3 is 10.5 Å². The zero-order valence-electron chi connectivity index (χ0n) is 21.2. The van der Waals surface area contributed by atoms with Crippen molar-refractivity contribution in [2.75, 3.05) is 18.8 Å². The molecule has 4 rings (SSSR count). The van der Waals surface area contributed by atoms with E-state index in [1.807, 2.05) is 24.3 Å². The molecule has 2 aliphatic heterocycles. The van der Waals surface area contributed by atoms with Crippen molar-refractivity contribution in [2.24, 2.45) is 5.73 Å². The average molecular weight is 499 g/mol. The molecule has 1 spiro atoms. The molecule has 2 aromatic rings. The van der Waals surface area contributed by atoms with Gasteiger partial charge in [-0.3, -0.25) is 9.69 Å². The molecule has 190 valence electrons. The molecule has 2 N–H and O–H groups in total. The van der Waals surface area contributed by atoms with Gasteiger partial charge in [0.05, 0.1) is 11.5 Å². The number of benzene rings is 2. The molecule has 0 radical (unpaired) electrons.